The average molecular weight is 350 g/mol. The molecule has 0 bridgehead atoms. The van der Waals surface area contributed by atoms with Crippen LogP contribution in [0.1, 0.15) is 1.43 Å². The summed E-state index contributed by atoms with van der Waals surface area (Å²) in [4.78, 5) is 45.9. The number of phosphoric ester groups is 1. The third-order valence-corrected chi connectivity index (χ3v) is 3.41. The van der Waals surface area contributed by atoms with Crippen LogP contribution in [0.15, 0.2) is 0 Å². The van der Waals surface area contributed by atoms with Gasteiger partial charge in [-0.25, -0.2) is 18.7 Å². The molecule has 0 aromatic carbocycles. The van der Waals surface area contributed by atoms with E-state index in [-0.39, 0.29) is 52.8 Å². The van der Waals surface area contributed by atoms with Gasteiger partial charge < -0.3 is 31.4 Å². The Morgan fingerprint density at radius 1 is 1.05 bits per heavy atom. The summed E-state index contributed by atoms with van der Waals surface area (Å²) >= 11 is 0. The van der Waals surface area contributed by atoms with Crippen LogP contribution >= 0.6 is 15.6 Å². The van der Waals surface area contributed by atoms with Gasteiger partial charge in [0.2, 0.25) is 6.10 Å². The molecule has 0 saturated heterocycles. The normalized spacial score (nSPS) is 17.7. The predicted molar refractivity (Wildman–Crippen MR) is 50.2 cm³/mol. The van der Waals surface area contributed by atoms with Gasteiger partial charge in [0.25, 0.3) is 0 Å². The molecule has 15 heteroatoms. The first-order chi connectivity index (χ1) is 7.86. The van der Waals surface area contributed by atoms with Gasteiger partial charge >= 0.3 is 79.0 Å². The van der Waals surface area contributed by atoms with E-state index < -0.39 is 39.8 Å². The summed E-state index contributed by atoms with van der Waals surface area (Å²) < 4.78 is 28.0. The minimum Gasteiger partial charge on any atom is -1.00 e. The Balaban J connectivity index is -0.00000144. The van der Waals surface area contributed by atoms with E-state index in [0.29, 0.717) is 0 Å². The van der Waals surface area contributed by atoms with Crippen LogP contribution in [0, 0.1) is 0 Å². The van der Waals surface area contributed by atoms with E-state index in [1.165, 1.54) is 0 Å². The second-order valence-electron chi connectivity index (χ2n) is 2.69. The smallest absolute Gasteiger partial charge is 1.00 e. The van der Waals surface area contributed by atoms with Crippen LogP contribution in [0.4, 0.5) is 0 Å². The number of hydrogen-bond donors (Lipinski definition) is 6. The summed E-state index contributed by atoms with van der Waals surface area (Å²) in [5, 5.41) is 25.5. The third-order valence-electron chi connectivity index (χ3n) is 1.24. The quantitative estimate of drug-likeness (QED) is 0.189. The summed E-state index contributed by atoms with van der Waals surface area (Å²) in [6, 6.07) is 0. The second-order valence-corrected chi connectivity index (χ2v) is 5.47. The van der Waals surface area contributed by atoms with Crippen molar-refractivity contribution in [2.24, 2.45) is 0 Å². The maximum absolute atomic E-state index is 10.9. The van der Waals surface area contributed by atoms with Crippen LogP contribution in [-0.2, 0) is 27.6 Å². The van der Waals surface area contributed by atoms with Crippen molar-refractivity contribution in [3.8, 4) is 0 Å². The zero-order valence-electron chi connectivity index (χ0n) is 10.2. The van der Waals surface area contributed by atoms with Gasteiger partial charge in [0, 0.05) is 0 Å². The van der Waals surface area contributed by atoms with E-state index >= 15 is 0 Å². The van der Waals surface area contributed by atoms with Crippen LogP contribution in [0.25, 0.3) is 0 Å². The Hall–Kier alpha value is 0.796. The first-order valence-corrected chi connectivity index (χ1v) is 6.80. The third kappa shape index (κ3) is 9.36. The van der Waals surface area contributed by atoms with Crippen LogP contribution in [0.5, 0.6) is 0 Å². The fraction of sp³-hybridized carbons (Fsp3) is 0.500. The number of carboxylic acid groups (broad SMARTS) is 2. The van der Waals surface area contributed by atoms with Crippen molar-refractivity contribution in [1.29, 1.82) is 0 Å². The standard InChI is InChI=1S/C4H8O12P2.K.H/c5-1(3(6)7)2(4(8)9)15-18(13,14)16-17(10,11)12;;/h1-2,5H,(H,6,7)(H,8,9)(H,13,14)(H2,10,11,12);;/q;+1;-1/t1-,2-;;/m1../s1. The molecule has 0 fully saturated rings. The molecular weight excluding hydrogens is 341 g/mol. The maximum Gasteiger partial charge on any atom is 1.00 e. The molecule has 19 heavy (non-hydrogen) atoms. The molecule has 0 saturated carbocycles. The number of aliphatic carboxylic acids is 2. The number of aliphatic hydroxyl groups excluding tert-OH is 1. The molecule has 12 nitrogen and oxygen atoms in total. The fourth-order valence-electron chi connectivity index (χ4n) is 0.664. The minimum absolute atomic E-state index is 0. The molecule has 0 aromatic heterocycles. The Kier molecular flexibility index (Phi) is 9.64. The van der Waals surface area contributed by atoms with E-state index in [4.69, 9.17) is 30.0 Å². The largest absolute Gasteiger partial charge is 1.00 e. The van der Waals surface area contributed by atoms with Gasteiger partial charge in [0.1, 0.15) is 0 Å². The fourth-order valence-corrected chi connectivity index (χ4v) is 2.39. The molecule has 0 aromatic rings. The summed E-state index contributed by atoms with van der Waals surface area (Å²) in [7, 11) is -11.1. The summed E-state index contributed by atoms with van der Waals surface area (Å²) in [5.41, 5.74) is 0. The topological polar surface area (TPSA) is 208 Å². The minimum atomic E-state index is -5.58. The van der Waals surface area contributed by atoms with E-state index in [2.05, 4.69) is 8.83 Å². The number of phosphoric acid groups is 2. The molecule has 0 rings (SSSR count). The zero-order chi connectivity index (χ0) is 14.7. The second kappa shape index (κ2) is 8.29. The molecule has 0 aliphatic rings. The number of aliphatic hydroxyl groups is 1. The van der Waals surface area contributed by atoms with E-state index in [0.717, 1.165) is 0 Å². The summed E-state index contributed by atoms with van der Waals surface area (Å²) in [6.45, 7) is 0. The molecule has 0 spiro atoms. The molecule has 0 aliphatic heterocycles. The molecule has 3 atom stereocenters. The first-order valence-electron chi connectivity index (χ1n) is 3.77. The molecule has 108 valence electrons. The van der Waals surface area contributed by atoms with Crippen molar-refractivity contribution in [3.63, 3.8) is 0 Å². The van der Waals surface area contributed by atoms with Gasteiger partial charge in [0.05, 0.1) is 0 Å². The molecule has 1 unspecified atom stereocenters. The van der Waals surface area contributed by atoms with Gasteiger partial charge in [0.15, 0.2) is 6.10 Å². The maximum atomic E-state index is 10.9. The van der Waals surface area contributed by atoms with Crippen molar-refractivity contribution in [2.45, 2.75) is 12.2 Å². The molecule has 6 N–H and O–H groups in total. The van der Waals surface area contributed by atoms with Crippen LogP contribution in [0.2, 0.25) is 0 Å². The molecule has 0 radical (unpaired) electrons. The summed E-state index contributed by atoms with van der Waals surface area (Å²) in [6.07, 6.45) is -5.51. The Morgan fingerprint density at radius 2 is 1.47 bits per heavy atom. The first kappa shape index (κ1) is 22.1. The Labute approximate surface area is 149 Å². The van der Waals surface area contributed by atoms with Gasteiger partial charge in [-0.05, 0) is 0 Å². The van der Waals surface area contributed by atoms with Crippen molar-refractivity contribution in [3.05, 3.63) is 0 Å². The SMILES string of the molecule is O=C(O)[C@H](O)[C@@H](OP(=O)(O)OP(=O)(O)O)C(=O)O.[H-].[K+]. The van der Waals surface area contributed by atoms with Gasteiger partial charge in [-0.1, -0.05) is 0 Å². The number of carboxylic acids is 2. The van der Waals surface area contributed by atoms with Crippen LogP contribution in [-0.4, -0.2) is 54.1 Å². The van der Waals surface area contributed by atoms with Crippen molar-refractivity contribution in [1.82, 2.24) is 0 Å². The van der Waals surface area contributed by atoms with Gasteiger partial charge in [-0.15, -0.1) is 0 Å². The average Bonchev–Trinajstić information content (AvgIpc) is 2.08. The van der Waals surface area contributed by atoms with Crippen LogP contribution in [0.3, 0.4) is 0 Å². The van der Waals surface area contributed by atoms with Crippen molar-refractivity contribution < 1.29 is 110 Å². The van der Waals surface area contributed by atoms with Crippen LogP contribution < -0.4 is 51.4 Å². The van der Waals surface area contributed by atoms with Crippen molar-refractivity contribution >= 4 is 27.6 Å². The Bertz CT molecular complexity index is 433. The predicted octanol–water partition coefficient (Wildman–Crippen LogP) is -4.77. The van der Waals surface area contributed by atoms with Crippen molar-refractivity contribution in [2.75, 3.05) is 0 Å². The van der Waals surface area contributed by atoms with E-state index in [1.54, 1.807) is 0 Å². The molecule has 0 heterocycles. The molecule has 0 aliphatic carbocycles. The van der Waals surface area contributed by atoms with E-state index in [9.17, 15) is 18.7 Å². The molecular formula is C4H9KO12P2. The summed E-state index contributed by atoms with van der Waals surface area (Å²) in [5.74, 6) is -4.26. The number of rotatable bonds is 7. The van der Waals surface area contributed by atoms with E-state index in [1.807, 2.05) is 0 Å². The molecule has 0 amide bonds. The van der Waals surface area contributed by atoms with Gasteiger partial charge in [-0.2, -0.15) is 4.31 Å². The monoisotopic (exact) mass is 350 g/mol. The van der Waals surface area contributed by atoms with Gasteiger partial charge in [-0.3, -0.25) is 4.52 Å². The Morgan fingerprint density at radius 3 is 1.74 bits per heavy atom. The zero-order valence-corrected chi connectivity index (χ0v) is 14.1. The number of hydrogen-bond acceptors (Lipinski definition) is 7. The number of carbonyl (C=O) groups is 2.